The predicted octanol–water partition coefficient (Wildman–Crippen LogP) is 3.02. The van der Waals surface area contributed by atoms with Crippen molar-refractivity contribution in [2.45, 2.75) is 26.3 Å². The number of aryl methyl sites for hydroxylation is 1. The Hall–Kier alpha value is -1.40. The summed E-state index contributed by atoms with van der Waals surface area (Å²) in [5, 5.41) is 7.17. The molecule has 0 aliphatic rings. The molecule has 0 aliphatic heterocycles. The Morgan fingerprint density at radius 3 is 2.53 bits per heavy atom. The summed E-state index contributed by atoms with van der Waals surface area (Å²) >= 11 is 1.26. The van der Waals surface area contributed by atoms with Gasteiger partial charge < -0.3 is 5.32 Å². The van der Waals surface area contributed by atoms with Crippen molar-refractivity contribution in [3.05, 3.63) is 46.0 Å². The first-order valence-corrected chi connectivity index (χ1v) is 6.86. The minimum atomic E-state index is -0.516. The van der Waals surface area contributed by atoms with Crippen molar-refractivity contribution in [3.8, 4) is 0 Å². The fourth-order valence-electron chi connectivity index (χ4n) is 1.99. The predicted molar refractivity (Wildman–Crippen MR) is 71.1 cm³/mol. The molecule has 3 nitrogen and oxygen atoms in total. The van der Waals surface area contributed by atoms with Crippen LogP contribution in [0, 0.1) is 18.6 Å². The quantitative estimate of drug-likeness (QED) is 0.916. The zero-order chi connectivity index (χ0) is 13.8. The number of nitrogens with zero attached hydrogens (tertiary/aromatic N) is 2. The lowest BCUT2D eigenvalue weighted by Crippen LogP contribution is -2.23. The Labute approximate surface area is 114 Å². The maximum absolute atomic E-state index is 13.7. The molecule has 0 fully saturated rings. The van der Waals surface area contributed by atoms with E-state index in [2.05, 4.69) is 14.9 Å². The van der Waals surface area contributed by atoms with Gasteiger partial charge in [-0.05, 0) is 43.6 Å². The van der Waals surface area contributed by atoms with Gasteiger partial charge in [0.05, 0.1) is 10.6 Å². The van der Waals surface area contributed by atoms with E-state index in [1.807, 2.05) is 13.8 Å². The maximum Gasteiger partial charge on any atom is 0.129 e. The number of rotatable bonds is 5. The lowest BCUT2D eigenvalue weighted by Gasteiger charge is -2.17. The molecule has 1 N–H and O–H groups in total. The molecule has 0 bridgehead atoms. The van der Waals surface area contributed by atoms with Crippen LogP contribution in [0.5, 0.6) is 0 Å². The van der Waals surface area contributed by atoms with Crippen LogP contribution in [0.1, 0.15) is 29.1 Å². The Morgan fingerprint density at radius 1 is 1.32 bits per heavy atom. The third-order valence-electron chi connectivity index (χ3n) is 2.92. The zero-order valence-corrected chi connectivity index (χ0v) is 11.6. The van der Waals surface area contributed by atoms with E-state index < -0.39 is 11.6 Å². The van der Waals surface area contributed by atoms with Gasteiger partial charge in [0.2, 0.25) is 0 Å². The first-order chi connectivity index (χ1) is 9.13. The van der Waals surface area contributed by atoms with Crippen LogP contribution >= 0.6 is 11.5 Å². The van der Waals surface area contributed by atoms with Gasteiger partial charge >= 0.3 is 0 Å². The maximum atomic E-state index is 13.7. The van der Waals surface area contributed by atoms with Crippen molar-refractivity contribution in [2.75, 3.05) is 6.54 Å². The number of hydrogen-bond acceptors (Lipinski definition) is 4. The van der Waals surface area contributed by atoms with E-state index in [-0.39, 0.29) is 18.0 Å². The molecular weight excluding hydrogens is 268 g/mol. The molecule has 0 amide bonds. The molecule has 1 heterocycles. The first-order valence-electron chi connectivity index (χ1n) is 6.08. The molecule has 1 aromatic carbocycles. The highest BCUT2D eigenvalue weighted by atomic mass is 32.1. The van der Waals surface area contributed by atoms with E-state index in [4.69, 9.17) is 0 Å². The lowest BCUT2D eigenvalue weighted by atomic mass is 10.0. The zero-order valence-electron chi connectivity index (χ0n) is 10.8. The Balaban J connectivity index is 2.29. The molecule has 1 aromatic heterocycles. The highest BCUT2D eigenvalue weighted by molar-refractivity contribution is 7.05. The summed E-state index contributed by atoms with van der Waals surface area (Å²) in [5.41, 5.74) is 0.897. The molecule has 19 heavy (non-hydrogen) atoms. The van der Waals surface area contributed by atoms with E-state index >= 15 is 0 Å². The molecule has 0 radical (unpaired) electrons. The standard InChI is InChI=1S/C13H15F2N3S/c1-3-16-12(13-8(2)17-18-19-13)7-9-10(14)5-4-6-11(9)15/h4-6,12,16H,3,7H2,1-2H3. The fraction of sp³-hybridized carbons (Fsp3) is 0.385. The number of aromatic nitrogens is 2. The van der Waals surface area contributed by atoms with Gasteiger partial charge in [0, 0.05) is 11.6 Å². The van der Waals surface area contributed by atoms with Gasteiger partial charge in [0.25, 0.3) is 0 Å². The largest absolute Gasteiger partial charge is 0.309 e. The van der Waals surface area contributed by atoms with Crippen LogP contribution in [0.15, 0.2) is 18.2 Å². The second kappa shape index (κ2) is 6.16. The number of hydrogen-bond donors (Lipinski definition) is 1. The molecule has 102 valence electrons. The third-order valence-corrected chi connectivity index (χ3v) is 3.86. The summed E-state index contributed by atoms with van der Waals surface area (Å²) in [6, 6.07) is 3.75. The van der Waals surface area contributed by atoms with Crippen molar-refractivity contribution in [3.63, 3.8) is 0 Å². The molecule has 0 aliphatic carbocycles. The van der Waals surface area contributed by atoms with Gasteiger partial charge in [-0.1, -0.05) is 17.5 Å². The van der Waals surface area contributed by atoms with Gasteiger partial charge in [-0.15, -0.1) is 5.10 Å². The van der Waals surface area contributed by atoms with Crippen LogP contribution in [-0.4, -0.2) is 16.1 Å². The van der Waals surface area contributed by atoms with Crippen molar-refractivity contribution in [2.24, 2.45) is 0 Å². The molecule has 1 unspecified atom stereocenters. The average molecular weight is 283 g/mol. The lowest BCUT2D eigenvalue weighted by molar-refractivity contribution is 0.502. The molecule has 2 rings (SSSR count). The summed E-state index contributed by atoms with van der Waals surface area (Å²) in [5.74, 6) is -1.03. The smallest absolute Gasteiger partial charge is 0.129 e. The summed E-state index contributed by atoms with van der Waals surface area (Å²) < 4.78 is 31.3. The van der Waals surface area contributed by atoms with E-state index in [9.17, 15) is 8.78 Å². The molecule has 1 atom stereocenters. The summed E-state index contributed by atoms with van der Waals surface area (Å²) in [6.45, 7) is 4.51. The molecule has 0 saturated carbocycles. The highest BCUT2D eigenvalue weighted by Gasteiger charge is 2.20. The Bertz CT molecular complexity index is 536. The van der Waals surface area contributed by atoms with Crippen molar-refractivity contribution in [1.82, 2.24) is 14.9 Å². The van der Waals surface area contributed by atoms with Gasteiger partial charge in [0.15, 0.2) is 0 Å². The summed E-state index contributed by atoms with van der Waals surface area (Å²) in [7, 11) is 0. The monoisotopic (exact) mass is 283 g/mol. The topological polar surface area (TPSA) is 37.8 Å². The van der Waals surface area contributed by atoms with Crippen LogP contribution in [0.2, 0.25) is 0 Å². The Morgan fingerprint density at radius 2 is 2.00 bits per heavy atom. The number of likely N-dealkylation sites (N-methyl/N-ethyl adjacent to an activating group) is 1. The number of halogens is 2. The third kappa shape index (κ3) is 3.13. The van der Waals surface area contributed by atoms with Gasteiger partial charge in [0.1, 0.15) is 11.6 Å². The highest BCUT2D eigenvalue weighted by Crippen LogP contribution is 2.25. The van der Waals surface area contributed by atoms with E-state index in [0.29, 0.717) is 6.54 Å². The van der Waals surface area contributed by atoms with Crippen LogP contribution in [0.4, 0.5) is 8.78 Å². The second-order valence-electron chi connectivity index (χ2n) is 4.24. The summed E-state index contributed by atoms with van der Waals surface area (Å²) in [4.78, 5) is 0.921. The van der Waals surface area contributed by atoms with E-state index in [1.54, 1.807) is 0 Å². The molecular formula is C13H15F2N3S. The van der Waals surface area contributed by atoms with Gasteiger partial charge in [-0.3, -0.25) is 0 Å². The number of nitrogens with one attached hydrogen (secondary N) is 1. The molecule has 0 spiro atoms. The molecule has 6 heteroatoms. The van der Waals surface area contributed by atoms with Crippen LogP contribution in [-0.2, 0) is 6.42 Å². The minimum Gasteiger partial charge on any atom is -0.309 e. The van der Waals surface area contributed by atoms with Crippen molar-refractivity contribution < 1.29 is 8.78 Å². The van der Waals surface area contributed by atoms with Crippen LogP contribution < -0.4 is 5.32 Å². The number of benzene rings is 1. The molecule has 2 aromatic rings. The van der Waals surface area contributed by atoms with Crippen molar-refractivity contribution >= 4 is 11.5 Å². The minimum absolute atomic E-state index is 0.0984. The SMILES string of the molecule is CCNC(Cc1c(F)cccc1F)c1snnc1C. The fourth-order valence-corrected chi connectivity index (χ4v) is 2.71. The van der Waals surface area contributed by atoms with Gasteiger partial charge in [-0.25, -0.2) is 8.78 Å². The van der Waals surface area contributed by atoms with Crippen LogP contribution in [0.3, 0.4) is 0 Å². The van der Waals surface area contributed by atoms with E-state index in [1.165, 1.54) is 29.7 Å². The Kier molecular flexibility index (Phi) is 4.55. The first kappa shape index (κ1) is 14.0. The van der Waals surface area contributed by atoms with Gasteiger partial charge in [-0.2, -0.15) is 0 Å². The molecule has 0 saturated heterocycles. The van der Waals surface area contributed by atoms with E-state index in [0.717, 1.165) is 10.6 Å². The van der Waals surface area contributed by atoms with Crippen molar-refractivity contribution in [1.29, 1.82) is 0 Å². The van der Waals surface area contributed by atoms with Crippen LogP contribution in [0.25, 0.3) is 0 Å². The second-order valence-corrected chi connectivity index (χ2v) is 5.02. The normalized spacial score (nSPS) is 12.6. The summed E-state index contributed by atoms with van der Waals surface area (Å²) in [6.07, 6.45) is 0.247. The average Bonchev–Trinajstić information content (AvgIpc) is 2.79.